The van der Waals surface area contributed by atoms with E-state index in [4.69, 9.17) is 25.8 Å². The second kappa shape index (κ2) is 8.78. The molecule has 2 rings (SSSR count). The lowest BCUT2D eigenvalue weighted by molar-refractivity contribution is -0.125. The highest BCUT2D eigenvalue weighted by atomic mass is 35.5. The number of benzene rings is 1. The Morgan fingerprint density at radius 2 is 1.80 bits per heavy atom. The van der Waals surface area contributed by atoms with E-state index in [1.54, 1.807) is 51.5 Å². The third kappa shape index (κ3) is 4.90. The van der Waals surface area contributed by atoms with Crippen molar-refractivity contribution in [1.29, 1.82) is 0 Å². The molecule has 0 N–H and O–H groups in total. The molecule has 0 aliphatic carbocycles. The van der Waals surface area contributed by atoms with Crippen LogP contribution >= 0.6 is 22.9 Å². The summed E-state index contributed by atoms with van der Waals surface area (Å²) in [6.07, 6.45) is 3.22. The van der Waals surface area contributed by atoms with Gasteiger partial charge in [-0.25, -0.2) is 0 Å². The maximum atomic E-state index is 12.3. The molecule has 5 nitrogen and oxygen atoms in total. The van der Waals surface area contributed by atoms with E-state index in [1.807, 2.05) is 12.1 Å². The summed E-state index contributed by atoms with van der Waals surface area (Å²) in [6, 6.07) is 7.31. The van der Waals surface area contributed by atoms with E-state index < -0.39 is 0 Å². The number of nitrogens with zero attached hydrogens (tertiary/aromatic N) is 1. The van der Waals surface area contributed by atoms with E-state index in [1.165, 1.54) is 17.4 Å². The molecule has 0 atom stereocenters. The van der Waals surface area contributed by atoms with Crippen LogP contribution in [0.15, 0.2) is 30.3 Å². The van der Waals surface area contributed by atoms with E-state index in [0.717, 1.165) is 10.4 Å². The van der Waals surface area contributed by atoms with Crippen LogP contribution in [0.5, 0.6) is 17.2 Å². The second-order valence-corrected chi connectivity index (χ2v) is 6.99. The zero-order chi connectivity index (χ0) is 18.4. The molecule has 134 valence electrons. The number of carbonyl (C=O) groups excluding carboxylic acids is 1. The third-order valence-electron chi connectivity index (χ3n) is 3.50. The predicted molar refractivity (Wildman–Crippen MR) is 101 cm³/mol. The zero-order valence-corrected chi connectivity index (χ0v) is 16.1. The van der Waals surface area contributed by atoms with Crippen LogP contribution in [-0.2, 0) is 11.3 Å². The van der Waals surface area contributed by atoms with Crippen LogP contribution in [0, 0.1) is 0 Å². The Hall–Kier alpha value is -2.18. The molecule has 0 aliphatic rings. The molecule has 1 aromatic heterocycles. The van der Waals surface area contributed by atoms with E-state index in [2.05, 4.69) is 0 Å². The van der Waals surface area contributed by atoms with Crippen LogP contribution in [-0.4, -0.2) is 39.2 Å². The Morgan fingerprint density at radius 1 is 1.16 bits per heavy atom. The van der Waals surface area contributed by atoms with Crippen molar-refractivity contribution >= 4 is 34.9 Å². The third-order valence-corrected chi connectivity index (χ3v) is 4.72. The summed E-state index contributed by atoms with van der Waals surface area (Å²) >= 11 is 7.38. The molecule has 0 fully saturated rings. The second-order valence-electron chi connectivity index (χ2n) is 5.19. The average molecular weight is 382 g/mol. The molecule has 0 saturated carbocycles. The number of likely N-dealkylation sites (N-methyl/N-ethyl adjacent to an activating group) is 1. The topological polar surface area (TPSA) is 48.0 Å². The van der Waals surface area contributed by atoms with Crippen molar-refractivity contribution in [2.24, 2.45) is 0 Å². The fraction of sp³-hybridized carbons (Fsp3) is 0.278. The Kier molecular flexibility index (Phi) is 6.73. The van der Waals surface area contributed by atoms with Gasteiger partial charge in [0.05, 0.1) is 32.2 Å². The molecule has 0 radical (unpaired) electrons. The number of rotatable bonds is 7. The van der Waals surface area contributed by atoms with Crippen LogP contribution in [0.25, 0.3) is 6.08 Å². The molecule has 2 aromatic rings. The lowest BCUT2D eigenvalue weighted by Crippen LogP contribution is -2.23. The molecule has 0 aliphatic heterocycles. The minimum absolute atomic E-state index is 0.113. The van der Waals surface area contributed by atoms with Crippen LogP contribution in [0.3, 0.4) is 0 Å². The molecule has 0 unspecified atom stereocenters. The predicted octanol–water partition coefficient (Wildman–Crippen LogP) is 4.10. The molecular weight excluding hydrogens is 362 g/mol. The highest BCUT2D eigenvalue weighted by Gasteiger charge is 2.13. The largest absolute Gasteiger partial charge is 0.493 e. The summed E-state index contributed by atoms with van der Waals surface area (Å²) in [4.78, 5) is 14.9. The molecule has 1 aromatic carbocycles. The summed E-state index contributed by atoms with van der Waals surface area (Å²) in [5, 5.41) is 0. The van der Waals surface area contributed by atoms with Gasteiger partial charge in [0.2, 0.25) is 11.7 Å². The first-order valence-corrected chi connectivity index (χ1v) is 8.65. The Labute approximate surface area is 156 Å². The van der Waals surface area contributed by atoms with Crippen molar-refractivity contribution in [2.45, 2.75) is 6.54 Å². The lowest BCUT2D eigenvalue weighted by atomic mass is 10.1. The molecule has 7 heteroatoms. The van der Waals surface area contributed by atoms with Gasteiger partial charge in [-0.2, -0.15) is 0 Å². The lowest BCUT2D eigenvalue weighted by Gasteiger charge is -2.14. The monoisotopic (exact) mass is 381 g/mol. The first kappa shape index (κ1) is 19.1. The molecule has 0 bridgehead atoms. The van der Waals surface area contributed by atoms with Crippen LogP contribution < -0.4 is 14.2 Å². The Balaban J connectivity index is 2.13. The van der Waals surface area contributed by atoms with Gasteiger partial charge in [-0.1, -0.05) is 11.6 Å². The molecule has 25 heavy (non-hydrogen) atoms. The highest BCUT2D eigenvalue weighted by molar-refractivity contribution is 7.16. The maximum Gasteiger partial charge on any atom is 0.246 e. The van der Waals surface area contributed by atoms with Crippen molar-refractivity contribution in [2.75, 3.05) is 28.4 Å². The van der Waals surface area contributed by atoms with E-state index in [-0.39, 0.29) is 5.91 Å². The van der Waals surface area contributed by atoms with Gasteiger partial charge in [0.15, 0.2) is 11.5 Å². The van der Waals surface area contributed by atoms with Crippen LogP contribution in [0.4, 0.5) is 0 Å². The maximum absolute atomic E-state index is 12.3. The van der Waals surface area contributed by atoms with Crippen molar-refractivity contribution in [1.82, 2.24) is 4.90 Å². The van der Waals surface area contributed by atoms with Gasteiger partial charge in [-0.05, 0) is 35.9 Å². The van der Waals surface area contributed by atoms with Gasteiger partial charge >= 0.3 is 0 Å². The number of methoxy groups -OCH3 is 3. The number of ether oxygens (including phenoxy) is 3. The van der Waals surface area contributed by atoms with Crippen molar-refractivity contribution in [3.63, 3.8) is 0 Å². The summed E-state index contributed by atoms with van der Waals surface area (Å²) in [6.45, 7) is 0.510. The minimum Gasteiger partial charge on any atom is -0.493 e. The fourth-order valence-electron chi connectivity index (χ4n) is 2.24. The first-order chi connectivity index (χ1) is 12.0. The molecule has 1 amide bonds. The number of hydrogen-bond acceptors (Lipinski definition) is 5. The van der Waals surface area contributed by atoms with Gasteiger partial charge in [-0.3, -0.25) is 4.79 Å². The van der Waals surface area contributed by atoms with Gasteiger partial charge in [0.25, 0.3) is 0 Å². The van der Waals surface area contributed by atoms with Gasteiger partial charge < -0.3 is 19.1 Å². The summed E-state index contributed by atoms with van der Waals surface area (Å²) in [5.74, 6) is 1.48. The first-order valence-electron chi connectivity index (χ1n) is 7.46. The van der Waals surface area contributed by atoms with Crippen molar-refractivity contribution < 1.29 is 19.0 Å². The Bertz CT molecular complexity index is 747. The van der Waals surface area contributed by atoms with Gasteiger partial charge in [0, 0.05) is 18.0 Å². The SMILES string of the molecule is COc1cc(/C=C/C(=O)N(C)Cc2ccc(Cl)s2)cc(OC)c1OC. The van der Waals surface area contributed by atoms with Crippen molar-refractivity contribution in [3.05, 3.63) is 45.1 Å². The molecular formula is C18H20ClNO4S. The highest BCUT2D eigenvalue weighted by Crippen LogP contribution is 2.38. The van der Waals surface area contributed by atoms with Gasteiger partial charge in [0.1, 0.15) is 0 Å². The molecule has 1 heterocycles. The van der Waals surface area contributed by atoms with Crippen LogP contribution in [0.2, 0.25) is 4.34 Å². The summed E-state index contributed by atoms with van der Waals surface area (Å²) in [7, 11) is 6.40. The van der Waals surface area contributed by atoms with E-state index >= 15 is 0 Å². The van der Waals surface area contributed by atoms with Gasteiger partial charge in [-0.15, -0.1) is 11.3 Å². The fourth-order valence-corrected chi connectivity index (χ4v) is 3.38. The average Bonchev–Trinajstić information content (AvgIpc) is 3.03. The Morgan fingerprint density at radius 3 is 2.28 bits per heavy atom. The number of hydrogen-bond donors (Lipinski definition) is 0. The van der Waals surface area contributed by atoms with E-state index in [9.17, 15) is 4.79 Å². The molecule has 0 saturated heterocycles. The quantitative estimate of drug-likeness (QED) is 0.677. The summed E-state index contributed by atoms with van der Waals surface area (Å²) < 4.78 is 16.6. The molecule has 0 spiro atoms. The zero-order valence-electron chi connectivity index (χ0n) is 14.5. The number of amides is 1. The minimum atomic E-state index is -0.113. The summed E-state index contributed by atoms with van der Waals surface area (Å²) in [5.41, 5.74) is 0.774. The number of halogens is 1. The number of thiophene rings is 1. The standard InChI is InChI=1S/C18H20ClNO4S/c1-20(11-13-6-7-16(19)25-13)17(21)8-5-12-9-14(22-2)18(24-4)15(10-12)23-3/h5-10H,11H2,1-4H3/b8-5+. The van der Waals surface area contributed by atoms with E-state index in [0.29, 0.717) is 28.1 Å². The van der Waals surface area contributed by atoms with Crippen molar-refractivity contribution in [3.8, 4) is 17.2 Å². The number of carbonyl (C=O) groups is 1. The van der Waals surface area contributed by atoms with Crippen LogP contribution in [0.1, 0.15) is 10.4 Å². The normalized spacial score (nSPS) is 10.8. The smallest absolute Gasteiger partial charge is 0.246 e.